The van der Waals surface area contributed by atoms with E-state index in [1.807, 2.05) is 6.92 Å². The van der Waals surface area contributed by atoms with Gasteiger partial charge in [0.2, 0.25) is 0 Å². The molecule has 7 heteroatoms. The molecule has 0 fully saturated rings. The van der Waals surface area contributed by atoms with E-state index in [1.54, 1.807) is 0 Å². The van der Waals surface area contributed by atoms with Gasteiger partial charge < -0.3 is 10.8 Å². The minimum atomic E-state index is -1.42. The second-order valence-electron chi connectivity index (χ2n) is 5.62. The fourth-order valence-electron chi connectivity index (χ4n) is 2.60. The average Bonchev–Trinajstić information content (AvgIpc) is 2.51. The van der Waals surface area contributed by atoms with E-state index >= 15 is 0 Å². The molecule has 2 unspecified atom stereocenters. The summed E-state index contributed by atoms with van der Waals surface area (Å²) in [5.74, 6) is -7.20. The molecule has 0 saturated carbocycles. The van der Waals surface area contributed by atoms with Crippen LogP contribution in [0.4, 0.5) is 17.6 Å². The zero-order valence-electron chi connectivity index (χ0n) is 12.9. The van der Waals surface area contributed by atoms with Crippen molar-refractivity contribution >= 4 is 5.97 Å². The Hall–Kier alpha value is -1.63. The highest BCUT2D eigenvalue weighted by Gasteiger charge is 2.22. The first kappa shape index (κ1) is 19.4. The van der Waals surface area contributed by atoms with Gasteiger partial charge in [0.25, 0.3) is 0 Å². The van der Waals surface area contributed by atoms with E-state index in [-0.39, 0.29) is 24.9 Å². The van der Waals surface area contributed by atoms with Gasteiger partial charge in [0, 0.05) is 18.2 Å². The highest BCUT2D eigenvalue weighted by Crippen LogP contribution is 2.25. The van der Waals surface area contributed by atoms with Crippen LogP contribution in [0.5, 0.6) is 0 Å². The minimum absolute atomic E-state index is 0.0178. The summed E-state index contributed by atoms with van der Waals surface area (Å²) in [7, 11) is 0. The maximum Gasteiger partial charge on any atom is 0.307 e. The number of hydrogen-bond donors (Lipinski definition) is 2. The van der Waals surface area contributed by atoms with Crippen molar-refractivity contribution in [3.63, 3.8) is 0 Å². The Morgan fingerprint density at radius 3 is 2.22 bits per heavy atom. The van der Waals surface area contributed by atoms with Gasteiger partial charge in [0.05, 0.1) is 5.92 Å². The Balaban J connectivity index is 2.67. The van der Waals surface area contributed by atoms with Crippen LogP contribution < -0.4 is 5.73 Å². The summed E-state index contributed by atoms with van der Waals surface area (Å²) in [4.78, 5) is 11.0. The molecule has 0 aliphatic carbocycles. The Morgan fingerprint density at radius 1 is 1.22 bits per heavy atom. The Kier molecular flexibility index (Phi) is 7.48. The van der Waals surface area contributed by atoms with Crippen molar-refractivity contribution in [2.24, 2.45) is 17.6 Å². The van der Waals surface area contributed by atoms with Gasteiger partial charge in [-0.25, -0.2) is 17.6 Å². The van der Waals surface area contributed by atoms with Crippen LogP contribution in [0.25, 0.3) is 0 Å². The fraction of sp³-hybridized carbons (Fsp3) is 0.562. The SMILES string of the molecule is CCC(CCCc1c(F)c(F)cc(F)c1F)CC(CN)C(=O)O. The number of rotatable bonds is 9. The largest absolute Gasteiger partial charge is 0.481 e. The molecule has 2 atom stereocenters. The second kappa shape index (κ2) is 8.86. The first-order valence-corrected chi connectivity index (χ1v) is 7.56. The summed E-state index contributed by atoms with van der Waals surface area (Å²) in [5.41, 5.74) is 4.80. The van der Waals surface area contributed by atoms with E-state index in [4.69, 9.17) is 10.8 Å². The molecule has 3 N–H and O–H groups in total. The van der Waals surface area contributed by atoms with E-state index < -0.39 is 40.7 Å². The van der Waals surface area contributed by atoms with Gasteiger partial charge >= 0.3 is 5.97 Å². The van der Waals surface area contributed by atoms with Crippen LogP contribution in [0, 0.1) is 35.1 Å². The monoisotopic (exact) mass is 335 g/mol. The number of benzene rings is 1. The van der Waals surface area contributed by atoms with E-state index in [0.29, 0.717) is 25.7 Å². The van der Waals surface area contributed by atoms with Gasteiger partial charge in [-0.15, -0.1) is 0 Å². The van der Waals surface area contributed by atoms with Crippen LogP contribution in [0.1, 0.15) is 38.2 Å². The summed E-state index contributed by atoms with van der Waals surface area (Å²) < 4.78 is 53.3. The van der Waals surface area contributed by atoms with Crippen molar-refractivity contribution in [1.29, 1.82) is 0 Å². The Labute approximate surface area is 132 Å². The zero-order chi connectivity index (χ0) is 17.6. The normalized spacial score (nSPS) is 13.8. The Morgan fingerprint density at radius 2 is 1.78 bits per heavy atom. The molecule has 1 rings (SSSR count). The third kappa shape index (κ3) is 5.20. The van der Waals surface area contributed by atoms with Crippen molar-refractivity contribution < 1.29 is 27.5 Å². The zero-order valence-corrected chi connectivity index (χ0v) is 12.9. The number of halogens is 4. The molecule has 0 amide bonds. The van der Waals surface area contributed by atoms with E-state index in [0.717, 1.165) is 0 Å². The number of carboxylic acids is 1. The van der Waals surface area contributed by atoms with Gasteiger partial charge in [-0.2, -0.15) is 0 Å². The lowest BCUT2D eigenvalue weighted by Crippen LogP contribution is -2.25. The van der Waals surface area contributed by atoms with Crippen LogP contribution in [0.3, 0.4) is 0 Å². The Bertz CT molecular complexity index is 525. The number of aliphatic carboxylic acids is 1. The molecule has 3 nitrogen and oxygen atoms in total. The lowest BCUT2D eigenvalue weighted by molar-refractivity contribution is -0.142. The second-order valence-corrected chi connectivity index (χ2v) is 5.62. The molecule has 23 heavy (non-hydrogen) atoms. The molecule has 0 heterocycles. The molecule has 0 radical (unpaired) electrons. The highest BCUT2D eigenvalue weighted by molar-refractivity contribution is 5.70. The van der Waals surface area contributed by atoms with Crippen LogP contribution in [-0.4, -0.2) is 17.6 Å². The van der Waals surface area contributed by atoms with Gasteiger partial charge in [0.15, 0.2) is 23.3 Å². The minimum Gasteiger partial charge on any atom is -0.481 e. The standard InChI is InChI=1S/C16H21F4NO2/c1-2-9(6-10(8-21)16(22)23)4-3-5-11-14(19)12(17)7-13(18)15(11)20/h7,9-10H,2-6,8,21H2,1H3,(H,22,23). The van der Waals surface area contributed by atoms with E-state index in [2.05, 4.69) is 0 Å². The quantitative estimate of drug-likeness (QED) is 0.535. The van der Waals surface area contributed by atoms with Crippen LogP contribution >= 0.6 is 0 Å². The van der Waals surface area contributed by atoms with Gasteiger partial charge in [0.1, 0.15) is 0 Å². The summed E-state index contributed by atoms with van der Waals surface area (Å²) in [6, 6.07) is 0.182. The summed E-state index contributed by atoms with van der Waals surface area (Å²) in [6.45, 7) is 1.90. The molecule has 0 bridgehead atoms. The number of carbonyl (C=O) groups is 1. The fourth-order valence-corrected chi connectivity index (χ4v) is 2.60. The molecule has 1 aromatic rings. The molecule has 130 valence electrons. The highest BCUT2D eigenvalue weighted by atomic mass is 19.2. The van der Waals surface area contributed by atoms with Crippen molar-refractivity contribution in [2.45, 2.75) is 39.0 Å². The van der Waals surface area contributed by atoms with Gasteiger partial charge in [-0.3, -0.25) is 4.79 Å². The first-order valence-electron chi connectivity index (χ1n) is 7.56. The molecule has 0 aliphatic rings. The lowest BCUT2D eigenvalue weighted by Gasteiger charge is -2.19. The molecule has 0 aliphatic heterocycles. The van der Waals surface area contributed by atoms with Crippen molar-refractivity contribution in [2.75, 3.05) is 6.54 Å². The van der Waals surface area contributed by atoms with Crippen molar-refractivity contribution in [3.8, 4) is 0 Å². The predicted octanol–water partition coefficient (Wildman–Crippen LogP) is 3.64. The third-order valence-electron chi connectivity index (χ3n) is 4.07. The first-order chi connectivity index (χ1) is 10.8. The van der Waals surface area contributed by atoms with Crippen molar-refractivity contribution in [1.82, 2.24) is 0 Å². The maximum atomic E-state index is 13.5. The molecule has 1 aromatic carbocycles. The molecular formula is C16H21F4NO2. The predicted molar refractivity (Wildman–Crippen MR) is 77.8 cm³/mol. The van der Waals surface area contributed by atoms with Crippen LogP contribution in [-0.2, 0) is 11.2 Å². The number of hydrogen-bond acceptors (Lipinski definition) is 2. The van der Waals surface area contributed by atoms with Crippen molar-refractivity contribution in [3.05, 3.63) is 34.9 Å². The van der Waals surface area contributed by atoms with Gasteiger partial charge in [-0.1, -0.05) is 19.8 Å². The summed E-state index contributed by atoms with van der Waals surface area (Å²) in [5, 5.41) is 8.99. The number of nitrogens with two attached hydrogens (primary N) is 1. The van der Waals surface area contributed by atoms with E-state index in [9.17, 15) is 22.4 Å². The number of carboxylic acid groups (broad SMARTS) is 1. The van der Waals surface area contributed by atoms with E-state index in [1.165, 1.54) is 0 Å². The smallest absolute Gasteiger partial charge is 0.307 e. The summed E-state index contributed by atoms with van der Waals surface area (Å²) >= 11 is 0. The van der Waals surface area contributed by atoms with Gasteiger partial charge in [-0.05, 0) is 25.2 Å². The summed E-state index contributed by atoms with van der Waals surface area (Å²) in [6.07, 6.45) is 1.70. The van der Waals surface area contributed by atoms with Crippen LogP contribution in [0.15, 0.2) is 6.07 Å². The average molecular weight is 335 g/mol. The maximum absolute atomic E-state index is 13.5. The lowest BCUT2D eigenvalue weighted by atomic mass is 9.88. The molecule has 0 aromatic heterocycles. The molecule has 0 spiro atoms. The topological polar surface area (TPSA) is 63.3 Å². The van der Waals surface area contributed by atoms with Crippen LogP contribution in [0.2, 0.25) is 0 Å². The third-order valence-corrected chi connectivity index (χ3v) is 4.07. The molecule has 0 saturated heterocycles. The molecular weight excluding hydrogens is 314 g/mol.